The van der Waals surface area contributed by atoms with E-state index in [0.717, 1.165) is 12.1 Å². The topological polar surface area (TPSA) is 39.2 Å². The van der Waals surface area contributed by atoms with E-state index in [-0.39, 0.29) is 17.1 Å². The fourth-order valence-corrected chi connectivity index (χ4v) is 1.47. The minimum absolute atomic E-state index is 0.0415. The van der Waals surface area contributed by atoms with Gasteiger partial charge < -0.3 is 4.74 Å². The van der Waals surface area contributed by atoms with Gasteiger partial charge >= 0.3 is 0 Å². The van der Waals surface area contributed by atoms with Crippen molar-refractivity contribution in [2.75, 3.05) is 7.11 Å². The van der Waals surface area contributed by atoms with Gasteiger partial charge in [0.05, 0.1) is 12.7 Å². The highest BCUT2D eigenvalue weighted by Crippen LogP contribution is 2.15. The fourth-order valence-electron chi connectivity index (χ4n) is 1.47. The highest BCUT2D eigenvalue weighted by Gasteiger charge is 2.16. The Bertz CT molecular complexity index is 599. The highest BCUT2D eigenvalue weighted by atomic mass is 19.1. The van der Waals surface area contributed by atoms with Gasteiger partial charge in [-0.1, -0.05) is 6.07 Å². The lowest BCUT2D eigenvalue weighted by atomic mass is 10.1. The predicted molar refractivity (Wildman–Crippen MR) is 60.6 cm³/mol. The van der Waals surface area contributed by atoms with Gasteiger partial charge in [-0.15, -0.1) is 0 Å². The third kappa shape index (κ3) is 2.34. The van der Waals surface area contributed by atoms with Crippen LogP contribution in [0.5, 0.6) is 5.88 Å². The van der Waals surface area contributed by atoms with Gasteiger partial charge in [-0.25, -0.2) is 13.8 Å². The Labute approximate surface area is 102 Å². The monoisotopic (exact) mass is 249 g/mol. The maximum Gasteiger partial charge on any atom is 0.214 e. The van der Waals surface area contributed by atoms with E-state index in [9.17, 15) is 13.6 Å². The molecule has 0 amide bonds. The van der Waals surface area contributed by atoms with Crippen molar-refractivity contribution in [1.82, 2.24) is 4.98 Å². The first-order chi connectivity index (χ1) is 8.61. The van der Waals surface area contributed by atoms with Crippen LogP contribution in [0, 0.1) is 11.6 Å². The zero-order chi connectivity index (χ0) is 13.1. The van der Waals surface area contributed by atoms with Crippen molar-refractivity contribution in [2.24, 2.45) is 0 Å². The van der Waals surface area contributed by atoms with Crippen LogP contribution >= 0.6 is 0 Å². The van der Waals surface area contributed by atoms with E-state index in [2.05, 4.69) is 4.98 Å². The molecule has 3 nitrogen and oxygen atoms in total. The van der Waals surface area contributed by atoms with E-state index >= 15 is 0 Å². The number of halogens is 2. The number of methoxy groups -OCH3 is 1. The number of nitrogens with zero attached hydrogens (tertiary/aromatic N) is 1. The fraction of sp³-hybridized carbons (Fsp3) is 0.0769. The number of aromatic nitrogens is 1. The molecule has 0 aliphatic carbocycles. The highest BCUT2D eigenvalue weighted by molar-refractivity contribution is 6.07. The van der Waals surface area contributed by atoms with E-state index < -0.39 is 17.4 Å². The molecule has 0 fully saturated rings. The molecule has 0 bridgehead atoms. The quantitative estimate of drug-likeness (QED) is 0.785. The summed E-state index contributed by atoms with van der Waals surface area (Å²) in [7, 11) is 1.41. The molecular weight excluding hydrogens is 240 g/mol. The third-order valence-electron chi connectivity index (χ3n) is 2.34. The Balaban J connectivity index is 2.41. The summed E-state index contributed by atoms with van der Waals surface area (Å²) < 4.78 is 31.1. The summed E-state index contributed by atoms with van der Waals surface area (Å²) >= 11 is 0. The molecule has 92 valence electrons. The van der Waals surface area contributed by atoms with Gasteiger partial charge in [-0.3, -0.25) is 4.79 Å². The van der Waals surface area contributed by atoms with Crippen LogP contribution in [0.15, 0.2) is 36.4 Å². The van der Waals surface area contributed by atoms with E-state index in [1.54, 1.807) is 12.1 Å². The molecule has 0 saturated carbocycles. The molecule has 0 N–H and O–H groups in total. The van der Waals surface area contributed by atoms with Crippen molar-refractivity contribution >= 4 is 5.78 Å². The van der Waals surface area contributed by atoms with Gasteiger partial charge in [0.25, 0.3) is 0 Å². The molecule has 0 unspecified atom stereocenters. The maximum absolute atomic E-state index is 13.4. The summed E-state index contributed by atoms with van der Waals surface area (Å²) in [6.07, 6.45) is 0. The lowest BCUT2D eigenvalue weighted by molar-refractivity contribution is 0.102. The number of benzene rings is 1. The van der Waals surface area contributed by atoms with Gasteiger partial charge in [0.1, 0.15) is 17.3 Å². The summed E-state index contributed by atoms with van der Waals surface area (Å²) in [6.45, 7) is 0. The standard InChI is InChI=1S/C13H9F2NO2/c1-18-12-4-2-3-11(16-12)13(17)9-6-5-8(14)7-10(9)15/h2-7H,1H3. The van der Waals surface area contributed by atoms with Gasteiger partial charge in [-0.05, 0) is 18.2 Å². The zero-order valence-electron chi connectivity index (χ0n) is 9.48. The summed E-state index contributed by atoms with van der Waals surface area (Å²) in [6, 6.07) is 7.35. The number of rotatable bonds is 3. The first kappa shape index (κ1) is 12.2. The van der Waals surface area contributed by atoms with Crippen molar-refractivity contribution in [3.8, 4) is 5.88 Å². The van der Waals surface area contributed by atoms with Crippen LogP contribution in [0.2, 0.25) is 0 Å². The first-order valence-electron chi connectivity index (χ1n) is 5.12. The number of ether oxygens (including phenoxy) is 1. The minimum atomic E-state index is -0.912. The van der Waals surface area contributed by atoms with Crippen LogP contribution in [0.4, 0.5) is 8.78 Å². The van der Waals surface area contributed by atoms with Crippen LogP contribution in [0.3, 0.4) is 0 Å². The van der Waals surface area contributed by atoms with Crippen LogP contribution in [0.1, 0.15) is 16.1 Å². The summed E-state index contributed by atoms with van der Waals surface area (Å²) in [4.78, 5) is 15.9. The smallest absolute Gasteiger partial charge is 0.214 e. The van der Waals surface area contributed by atoms with E-state index in [1.165, 1.54) is 13.2 Å². The molecular formula is C13H9F2NO2. The normalized spacial score (nSPS) is 10.2. The van der Waals surface area contributed by atoms with Gasteiger partial charge in [0.2, 0.25) is 11.7 Å². The summed E-state index contributed by atoms with van der Waals surface area (Å²) in [5.41, 5.74) is -0.183. The predicted octanol–water partition coefficient (Wildman–Crippen LogP) is 2.60. The number of pyridine rings is 1. The molecule has 0 spiro atoms. The Morgan fingerprint density at radius 2 is 2.00 bits per heavy atom. The van der Waals surface area contributed by atoms with E-state index in [4.69, 9.17) is 4.74 Å². The number of ketones is 1. The maximum atomic E-state index is 13.4. The van der Waals surface area contributed by atoms with Gasteiger partial charge in [-0.2, -0.15) is 0 Å². The molecule has 0 saturated heterocycles. The number of hydrogen-bond donors (Lipinski definition) is 0. The van der Waals surface area contributed by atoms with Crippen LogP contribution < -0.4 is 4.74 Å². The van der Waals surface area contributed by atoms with Crippen LogP contribution in [-0.4, -0.2) is 17.9 Å². The SMILES string of the molecule is COc1cccc(C(=O)c2ccc(F)cc2F)n1. The molecule has 18 heavy (non-hydrogen) atoms. The molecule has 0 aliphatic heterocycles. The lowest BCUT2D eigenvalue weighted by Gasteiger charge is -2.04. The second-order valence-electron chi connectivity index (χ2n) is 3.52. The molecule has 5 heteroatoms. The largest absolute Gasteiger partial charge is 0.481 e. The number of carbonyl (C=O) groups is 1. The van der Waals surface area contributed by atoms with Crippen LogP contribution in [-0.2, 0) is 0 Å². The van der Waals surface area contributed by atoms with Crippen LogP contribution in [0.25, 0.3) is 0 Å². The molecule has 1 heterocycles. The molecule has 0 aliphatic rings. The minimum Gasteiger partial charge on any atom is -0.481 e. The van der Waals surface area contributed by atoms with Gasteiger partial charge in [0, 0.05) is 12.1 Å². The number of carbonyl (C=O) groups excluding carboxylic acids is 1. The average Bonchev–Trinajstić information content (AvgIpc) is 2.38. The Kier molecular flexibility index (Phi) is 3.32. The van der Waals surface area contributed by atoms with E-state index in [0.29, 0.717) is 6.07 Å². The lowest BCUT2D eigenvalue weighted by Crippen LogP contribution is -2.07. The number of hydrogen-bond acceptors (Lipinski definition) is 3. The Morgan fingerprint density at radius 3 is 2.67 bits per heavy atom. The second-order valence-corrected chi connectivity index (χ2v) is 3.52. The Morgan fingerprint density at radius 1 is 1.22 bits per heavy atom. The molecule has 2 aromatic rings. The molecule has 1 aromatic carbocycles. The van der Waals surface area contributed by atoms with Crippen molar-refractivity contribution in [1.29, 1.82) is 0 Å². The summed E-state index contributed by atoms with van der Waals surface area (Å²) in [5.74, 6) is -2.01. The van der Waals surface area contributed by atoms with Crippen molar-refractivity contribution < 1.29 is 18.3 Å². The van der Waals surface area contributed by atoms with Crippen molar-refractivity contribution in [3.63, 3.8) is 0 Å². The first-order valence-corrected chi connectivity index (χ1v) is 5.12. The van der Waals surface area contributed by atoms with Crippen molar-refractivity contribution in [3.05, 3.63) is 59.3 Å². The zero-order valence-corrected chi connectivity index (χ0v) is 9.48. The molecule has 1 aromatic heterocycles. The Hall–Kier alpha value is -2.30. The second kappa shape index (κ2) is 4.91. The third-order valence-corrected chi connectivity index (χ3v) is 2.34. The molecule has 0 radical (unpaired) electrons. The molecule has 0 atom stereocenters. The molecule has 2 rings (SSSR count). The van der Waals surface area contributed by atoms with Crippen molar-refractivity contribution in [2.45, 2.75) is 0 Å². The summed E-state index contributed by atoms with van der Waals surface area (Å²) in [5, 5.41) is 0. The van der Waals surface area contributed by atoms with Gasteiger partial charge in [0.15, 0.2) is 0 Å². The average molecular weight is 249 g/mol. The van der Waals surface area contributed by atoms with E-state index in [1.807, 2.05) is 0 Å².